The predicted molar refractivity (Wildman–Crippen MR) is 86.0 cm³/mol. The number of hydrogen-bond acceptors (Lipinski definition) is 3. The zero-order valence-electron chi connectivity index (χ0n) is 12.4. The smallest absolute Gasteiger partial charge is 0.0235 e. The van der Waals surface area contributed by atoms with E-state index < -0.39 is 0 Å². The number of nitrogens with one attached hydrogen (secondary N) is 1. The van der Waals surface area contributed by atoms with Crippen LogP contribution in [0.5, 0.6) is 0 Å². The molecular formula is C16H26N2S. The van der Waals surface area contributed by atoms with E-state index in [2.05, 4.69) is 60.7 Å². The van der Waals surface area contributed by atoms with Crippen molar-refractivity contribution < 1.29 is 0 Å². The van der Waals surface area contributed by atoms with Crippen molar-refractivity contribution in [1.29, 1.82) is 0 Å². The summed E-state index contributed by atoms with van der Waals surface area (Å²) in [4.78, 5) is 2.61. The van der Waals surface area contributed by atoms with Crippen LogP contribution in [0.15, 0.2) is 30.3 Å². The van der Waals surface area contributed by atoms with Crippen molar-refractivity contribution in [2.75, 3.05) is 32.4 Å². The van der Waals surface area contributed by atoms with Crippen LogP contribution in [0.1, 0.15) is 19.4 Å². The number of thioether (sulfide) groups is 1. The molecule has 1 aromatic rings. The summed E-state index contributed by atoms with van der Waals surface area (Å²) in [5, 5.41) is 3.65. The van der Waals surface area contributed by atoms with Gasteiger partial charge in [-0.3, -0.25) is 4.90 Å². The molecule has 0 bridgehead atoms. The van der Waals surface area contributed by atoms with Gasteiger partial charge in [-0.05, 0) is 32.1 Å². The molecule has 1 aromatic carbocycles. The van der Waals surface area contributed by atoms with Crippen LogP contribution in [0.4, 0.5) is 0 Å². The second-order valence-electron chi connectivity index (χ2n) is 6.04. The molecule has 1 atom stereocenters. The molecule has 1 fully saturated rings. The van der Waals surface area contributed by atoms with Gasteiger partial charge in [0.1, 0.15) is 0 Å². The normalized spacial score (nSPS) is 21.5. The molecule has 2 nitrogen and oxygen atoms in total. The summed E-state index contributed by atoms with van der Waals surface area (Å²) in [5.74, 6) is 0. The highest BCUT2D eigenvalue weighted by atomic mass is 32.2. The zero-order valence-corrected chi connectivity index (χ0v) is 13.2. The molecule has 0 aromatic heterocycles. The molecule has 0 aliphatic carbocycles. The summed E-state index contributed by atoms with van der Waals surface area (Å²) >= 11 is 1.96. The van der Waals surface area contributed by atoms with Gasteiger partial charge in [0.15, 0.2) is 0 Å². The van der Waals surface area contributed by atoms with Crippen molar-refractivity contribution in [2.24, 2.45) is 0 Å². The first-order chi connectivity index (χ1) is 9.09. The first kappa shape index (κ1) is 14.9. The Morgan fingerprint density at radius 2 is 2.05 bits per heavy atom. The van der Waals surface area contributed by atoms with E-state index in [9.17, 15) is 0 Å². The van der Waals surface area contributed by atoms with Gasteiger partial charge in [-0.15, -0.1) is 0 Å². The predicted octanol–water partition coefficient (Wildman–Crippen LogP) is 2.64. The van der Waals surface area contributed by atoms with Gasteiger partial charge in [0.2, 0.25) is 0 Å². The number of nitrogens with zero attached hydrogens (tertiary/aromatic N) is 1. The second kappa shape index (κ2) is 6.78. The van der Waals surface area contributed by atoms with E-state index >= 15 is 0 Å². The van der Waals surface area contributed by atoms with Gasteiger partial charge in [0, 0.05) is 37.0 Å². The first-order valence-electron chi connectivity index (χ1n) is 7.14. The molecule has 0 spiro atoms. The summed E-state index contributed by atoms with van der Waals surface area (Å²) in [5.41, 5.74) is 1.44. The number of benzene rings is 1. The minimum atomic E-state index is 0.356. The monoisotopic (exact) mass is 278 g/mol. The van der Waals surface area contributed by atoms with Crippen LogP contribution in [0, 0.1) is 0 Å². The Bertz CT molecular complexity index is 378. The van der Waals surface area contributed by atoms with Crippen LogP contribution >= 0.6 is 11.8 Å². The summed E-state index contributed by atoms with van der Waals surface area (Å²) in [6, 6.07) is 11.4. The highest BCUT2D eigenvalue weighted by Crippen LogP contribution is 2.23. The number of rotatable bonds is 5. The Morgan fingerprint density at radius 3 is 2.74 bits per heavy atom. The molecule has 2 rings (SSSR count). The Morgan fingerprint density at radius 1 is 1.32 bits per heavy atom. The molecule has 1 unspecified atom stereocenters. The highest BCUT2D eigenvalue weighted by molar-refractivity contribution is 7.99. The van der Waals surface area contributed by atoms with E-state index in [4.69, 9.17) is 0 Å². The van der Waals surface area contributed by atoms with E-state index in [0.29, 0.717) is 10.8 Å². The fourth-order valence-electron chi connectivity index (χ4n) is 2.68. The lowest BCUT2D eigenvalue weighted by atomic mass is 10.0. The van der Waals surface area contributed by atoms with Crippen LogP contribution in [0.2, 0.25) is 0 Å². The number of piperazine rings is 1. The molecular weight excluding hydrogens is 252 g/mol. The molecule has 106 valence electrons. The zero-order chi connectivity index (χ0) is 13.7. The molecule has 0 saturated carbocycles. The van der Waals surface area contributed by atoms with Crippen molar-refractivity contribution in [3.63, 3.8) is 0 Å². The molecule has 19 heavy (non-hydrogen) atoms. The molecule has 1 N–H and O–H groups in total. The van der Waals surface area contributed by atoms with Crippen molar-refractivity contribution in [3.8, 4) is 0 Å². The summed E-state index contributed by atoms with van der Waals surface area (Å²) in [6.07, 6.45) is 3.35. The summed E-state index contributed by atoms with van der Waals surface area (Å²) in [7, 11) is 0. The third-order valence-electron chi connectivity index (χ3n) is 3.82. The van der Waals surface area contributed by atoms with Crippen molar-refractivity contribution in [2.45, 2.75) is 31.1 Å². The number of hydrogen-bond donors (Lipinski definition) is 1. The molecule has 1 saturated heterocycles. The van der Waals surface area contributed by atoms with Gasteiger partial charge in [-0.25, -0.2) is 0 Å². The molecule has 1 aliphatic rings. The quantitative estimate of drug-likeness (QED) is 0.891. The molecule has 3 heteroatoms. The SMILES string of the molecule is CSC(C)(C)CN1CCNC(Cc2ccccc2)C1. The summed E-state index contributed by atoms with van der Waals surface area (Å²) in [6.45, 7) is 9.31. The van der Waals surface area contributed by atoms with E-state index in [1.54, 1.807) is 0 Å². The second-order valence-corrected chi connectivity index (χ2v) is 7.55. The van der Waals surface area contributed by atoms with Crippen molar-refractivity contribution >= 4 is 11.8 Å². The molecule has 0 radical (unpaired) electrons. The minimum absolute atomic E-state index is 0.356. The Hall–Kier alpha value is -0.510. The van der Waals surface area contributed by atoms with E-state index in [-0.39, 0.29) is 0 Å². The Balaban J connectivity index is 1.87. The fourth-order valence-corrected chi connectivity index (χ4v) is 2.99. The van der Waals surface area contributed by atoms with Gasteiger partial charge in [0.05, 0.1) is 0 Å². The van der Waals surface area contributed by atoms with Crippen LogP contribution in [0.3, 0.4) is 0 Å². The third-order valence-corrected chi connectivity index (χ3v) is 5.06. The lowest BCUT2D eigenvalue weighted by Crippen LogP contribution is -2.54. The Labute approximate surface area is 122 Å². The third kappa shape index (κ3) is 4.83. The molecule has 0 amide bonds. The topological polar surface area (TPSA) is 15.3 Å². The molecule has 1 aliphatic heterocycles. The van der Waals surface area contributed by atoms with E-state index in [1.165, 1.54) is 25.2 Å². The average molecular weight is 278 g/mol. The maximum atomic E-state index is 3.65. The summed E-state index contributed by atoms with van der Waals surface area (Å²) < 4.78 is 0.356. The Kier molecular flexibility index (Phi) is 5.31. The first-order valence-corrected chi connectivity index (χ1v) is 8.36. The van der Waals surface area contributed by atoms with Crippen LogP contribution in [-0.4, -0.2) is 48.1 Å². The maximum Gasteiger partial charge on any atom is 0.0235 e. The van der Waals surface area contributed by atoms with Gasteiger partial charge >= 0.3 is 0 Å². The fraction of sp³-hybridized carbons (Fsp3) is 0.625. The van der Waals surface area contributed by atoms with Gasteiger partial charge in [0.25, 0.3) is 0 Å². The van der Waals surface area contributed by atoms with Crippen LogP contribution < -0.4 is 5.32 Å². The van der Waals surface area contributed by atoms with Crippen molar-refractivity contribution in [3.05, 3.63) is 35.9 Å². The minimum Gasteiger partial charge on any atom is -0.311 e. The van der Waals surface area contributed by atoms with E-state index in [0.717, 1.165) is 13.0 Å². The van der Waals surface area contributed by atoms with Gasteiger partial charge < -0.3 is 5.32 Å². The largest absolute Gasteiger partial charge is 0.311 e. The highest BCUT2D eigenvalue weighted by Gasteiger charge is 2.25. The van der Waals surface area contributed by atoms with Crippen LogP contribution in [0.25, 0.3) is 0 Å². The standard InChI is InChI=1S/C16H26N2S/c1-16(2,19-3)13-18-10-9-17-15(12-18)11-14-7-5-4-6-8-14/h4-8,15,17H,9-13H2,1-3H3. The average Bonchev–Trinajstić information content (AvgIpc) is 2.40. The van der Waals surface area contributed by atoms with Crippen molar-refractivity contribution in [1.82, 2.24) is 10.2 Å². The lowest BCUT2D eigenvalue weighted by Gasteiger charge is -2.38. The van der Waals surface area contributed by atoms with Gasteiger partial charge in [-0.2, -0.15) is 11.8 Å². The maximum absolute atomic E-state index is 3.65. The van der Waals surface area contributed by atoms with Gasteiger partial charge in [-0.1, -0.05) is 30.3 Å². The van der Waals surface area contributed by atoms with Crippen LogP contribution in [-0.2, 0) is 6.42 Å². The molecule has 1 heterocycles. The van der Waals surface area contributed by atoms with E-state index in [1.807, 2.05) is 11.8 Å². The lowest BCUT2D eigenvalue weighted by molar-refractivity contribution is 0.188.